The van der Waals surface area contributed by atoms with Crippen molar-refractivity contribution in [1.29, 1.82) is 0 Å². The molecule has 0 bridgehead atoms. The molecule has 0 aliphatic rings. The number of hydrogen-bond donors (Lipinski definition) is 0. The van der Waals surface area contributed by atoms with Crippen molar-refractivity contribution in [3.8, 4) is 0 Å². The van der Waals surface area contributed by atoms with Gasteiger partial charge < -0.3 is 0 Å². The highest BCUT2D eigenvalue weighted by molar-refractivity contribution is 5.22. The molecule has 0 heterocycles. The normalized spacial score (nSPS) is 11.8. The van der Waals surface area contributed by atoms with Crippen molar-refractivity contribution < 1.29 is 0 Å². The van der Waals surface area contributed by atoms with Crippen LogP contribution in [0.4, 0.5) is 0 Å². The van der Waals surface area contributed by atoms with E-state index < -0.39 is 0 Å². The summed E-state index contributed by atoms with van der Waals surface area (Å²) >= 11 is 0. The fourth-order valence-corrected chi connectivity index (χ4v) is 1.72. The second-order valence-electron chi connectivity index (χ2n) is 5.42. The zero-order valence-corrected chi connectivity index (χ0v) is 11.3. The molecule has 1 nitrogen and oxygen atoms in total. The topological polar surface area (TPSA) is 3.24 Å². The molecule has 16 heavy (non-hydrogen) atoms. The predicted octanol–water partition coefficient (Wildman–Crippen LogP) is 3.73. The molecular weight excluding hydrogens is 194 g/mol. The Labute approximate surface area is 100 Å². The first-order valence-electron chi connectivity index (χ1n) is 6.27. The molecule has 0 saturated heterocycles. The van der Waals surface area contributed by atoms with E-state index in [2.05, 4.69) is 63.9 Å². The van der Waals surface area contributed by atoms with Crippen molar-refractivity contribution in [3.63, 3.8) is 0 Å². The van der Waals surface area contributed by atoms with Crippen LogP contribution in [0.15, 0.2) is 24.3 Å². The van der Waals surface area contributed by atoms with Gasteiger partial charge >= 0.3 is 0 Å². The third-order valence-corrected chi connectivity index (χ3v) is 2.98. The van der Waals surface area contributed by atoms with Gasteiger partial charge in [0.05, 0.1) is 0 Å². The zero-order chi connectivity index (χ0) is 12.1. The molecule has 0 saturated carbocycles. The lowest BCUT2D eigenvalue weighted by Gasteiger charge is -2.21. The van der Waals surface area contributed by atoms with E-state index in [-0.39, 0.29) is 0 Å². The molecule has 90 valence electrons. The predicted molar refractivity (Wildman–Crippen MR) is 71.6 cm³/mol. The van der Waals surface area contributed by atoms with E-state index >= 15 is 0 Å². The van der Waals surface area contributed by atoms with Crippen LogP contribution in [-0.4, -0.2) is 18.0 Å². The summed E-state index contributed by atoms with van der Waals surface area (Å²) < 4.78 is 0. The summed E-state index contributed by atoms with van der Waals surface area (Å²) in [6, 6.07) is 9.66. The molecule has 1 aromatic carbocycles. The summed E-state index contributed by atoms with van der Waals surface area (Å²) in [6.07, 6.45) is 1.18. The maximum atomic E-state index is 2.36. The van der Waals surface area contributed by atoms with E-state index in [1.165, 1.54) is 17.5 Å². The summed E-state index contributed by atoms with van der Waals surface area (Å²) in [5.41, 5.74) is 2.86. The second-order valence-corrected chi connectivity index (χ2v) is 5.42. The van der Waals surface area contributed by atoms with Gasteiger partial charge in [-0.25, -0.2) is 0 Å². The minimum atomic E-state index is 0.607. The molecule has 0 aliphatic carbocycles. The summed E-state index contributed by atoms with van der Waals surface area (Å²) in [6.45, 7) is 10.0. The van der Waals surface area contributed by atoms with E-state index in [0.717, 1.165) is 12.5 Å². The molecule has 1 rings (SSSR count). The maximum Gasteiger partial charge on any atom is 0.0233 e. The SMILES string of the molecule is CC(C)Cc1ccc(CN(C)C(C)C)cc1. The summed E-state index contributed by atoms with van der Waals surface area (Å²) in [5.74, 6) is 0.740. The van der Waals surface area contributed by atoms with Crippen molar-refractivity contribution >= 4 is 0 Å². The van der Waals surface area contributed by atoms with Crippen LogP contribution in [0, 0.1) is 5.92 Å². The molecule has 0 amide bonds. The van der Waals surface area contributed by atoms with Crippen LogP contribution in [0.25, 0.3) is 0 Å². The van der Waals surface area contributed by atoms with Gasteiger partial charge in [0, 0.05) is 12.6 Å². The average Bonchev–Trinajstić information content (AvgIpc) is 2.20. The average molecular weight is 219 g/mol. The largest absolute Gasteiger partial charge is 0.300 e. The first kappa shape index (κ1) is 13.2. The number of hydrogen-bond acceptors (Lipinski definition) is 1. The smallest absolute Gasteiger partial charge is 0.0233 e. The highest BCUT2D eigenvalue weighted by Gasteiger charge is 2.04. The molecule has 0 fully saturated rings. The fourth-order valence-electron chi connectivity index (χ4n) is 1.72. The highest BCUT2D eigenvalue weighted by atomic mass is 15.1. The first-order chi connectivity index (χ1) is 7.49. The Bertz CT molecular complexity index is 298. The van der Waals surface area contributed by atoms with Gasteiger partial charge in [0.15, 0.2) is 0 Å². The van der Waals surface area contributed by atoms with E-state index in [9.17, 15) is 0 Å². The Hall–Kier alpha value is -0.820. The number of rotatable bonds is 5. The van der Waals surface area contributed by atoms with Gasteiger partial charge in [-0.15, -0.1) is 0 Å². The van der Waals surface area contributed by atoms with Crippen molar-refractivity contribution in [2.75, 3.05) is 7.05 Å². The van der Waals surface area contributed by atoms with Gasteiger partial charge in [-0.3, -0.25) is 4.90 Å². The van der Waals surface area contributed by atoms with Gasteiger partial charge in [0.2, 0.25) is 0 Å². The van der Waals surface area contributed by atoms with Crippen molar-refractivity contribution in [2.45, 2.75) is 46.7 Å². The molecule has 0 N–H and O–H groups in total. The minimum Gasteiger partial charge on any atom is -0.300 e. The standard InChI is InChI=1S/C15H25N/c1-12(2)10-14-6-8-15(9-7-14)11-16(5)13(3)4/h6-9,12-13H,10-11H2,1-5H3. The molecule has 0 unspecified atom stereocenters. The van der Waals surface area contributed by atoms with Crippen molar-refractivity contribution in [1.82, 2.24) is 4.90 Å². The fraction of sp³-hybridized carbons (Fsp3) is 0.600. The van der Waals surface area contributed by atoms with Crippen LogP contribution in [-0.2, 0) is 13.0 Å². The van der Waals surface area contributed by atoms with Crippen LogP contribution in [0.1, 0.15) is 38.8 Å². The van der Waals surface area contributed by atoms with Gasteiger partial charge in [-0.1, -0.05) is 38.1 Å². The molecule has 1 aromatic rings. The molecule has 0 spiro atoms. The molecule has 0 aromatic heterocycles. The summed E-state index contributed by atoms with van der Waals surface area (Å²) in [4.78, 5) is 2.36. The first-order valence-corrected chi connectivity index (χ1v) is 6.27. The summed E-state index contributed by atoms with van der Waals surface area (Å²) in [5, 5.41) is 0. The second kappa shape index (κ2) is 6.05. The third-order valence-electron chi connectivity index (χ3n) is 2.98. The van der Waals surface area contributed by atoms with E-state index in [1.807, 2.05) is 0 Å². The van der Waals surface area contributed by atoms with Crippen molar-refractivity contribution in [2.24, 2.45) is 5.92 Å². The summed E-state index contributed by atoms with van der Waals surface area (Å²) in [7, 11) is 2.17. The quantitative estimate of drug-likeness (QED) is 0.729. The van der Waals surface area contributed by atoms with Crippen LogP contribution >= 0.6 is 0 Å². The minimum absolute atomic E-state index is 0.607. The zero-order valence-electron chi connectivity index (χ0n) is 11.3. The number of benzene rings is 1. The Balaban J connectivity index is 2.57. The molecular formula is C15H25N. The van der Waals surface area contributed by atoms with Crippen LogP contribution in [0.5, 0.6) is 0 Å². The van der Waals surface area contributed by atoms with E-state index in [0.29, 0.717) is 6.04 Å². The van der Waals surface area contributed by atoms with Crippen LogP contribution in [0.3, 0.4) is 0 Å². The lowest BCUT2D eigenvalue weighted by molar-refractivity contribution is 0.266. The monoisotopic (exact) mass is 219 g/mol. The molecule has 1 heteroatoms. The third kappa shape index (κ3) is 4.36. The van der Waals surface area contributed by atoms with Gasteiger partial charge in [0.25, 0.3) is 0 Å². The lowest BCUT2D eigenvalue weighted by Crippen LogP contribution is -2.25. The highest BCUT2D eigenvalue weighted by Crippen LogP contribution is 2.11. The van der Waals surface area contributed by atoms with E-state index in [1.54, 1.807) is 0 Å². The number of nitrogens with zero attached hydrogens (tertiary/aromatic N) is 1. The van der Waals surface area contributed by atoms with Crippen LogP contribution < -0.4 is 0 Å². The van der Waals surface area contributed by atoms with E-state index in [4.69, 9.17) is 0 Å². The van der Waals surface area contributed by atoms with Crippen LogP contribution in [0.2, 0.25) is 0 Å². The Morgan fingerprint density at radius 3 is 1.88 bits per heavy atom. The van der Waals surface area contributed by atoms with Gasteiger partial charge in [-0.05, 0) is 44.4 Å². The van der Waals surface area contributed by atoms with Gasteiger partial charge in [0.1, 0.15) is 0 Å². The van der Waals surface area contributed by atoms with Gasteiger partial charge in [-0.2, -0.15) is 0 Å². The molecule has 0 atom stereocenters. The lowest BCUT2D eigenvalue weighted by atomic mass is 10.0. The molecule has 0 aliphatic heterocycles. The molecule has 0 radical (unpaired) electrons. The maximum absolute atomic E-state index is 2.36. The Kier molecular flexibility index (Phi) is 5.01. The van der Waals surface area contributed by atoms with Crippen molar-refractivity contribution in [3.05, 3.63) is 35.4 Å². The Morgan fingerprint density at radius 1 is 0.938 bits per heavy atom. The Morgan fingerprint density at radius 2 is 1.44 bits per heavy atom.